The van der Waals surface area contributed by atoms with E-state index in [-0.39, 0.29) is 0 Å². The van der Waals surface area contributed by atoms with Crippen LogP contribution in [0.15, 0.2) is 0 Å². The molecule has 0 aliphatic carbocycles. The van der Waals surface area contributed by atoms with Gasteiger partial charge in [-0.25, -0.2) is 0 Å². The molecule has 0 bridgehead atoms. The first-order valence-electron chi connectivity index (χ1n) is 5.27. The molecular formula is C9H24O2Si2. The van der Waals surface area contributed by atoms with Crippen LogP contribution in [0.25, 0.3) is 0 Å². The fourth-order valence-corrected chi connectivity index (χ4v) is 7.35. The van der Waals surface area contributed by atoms with Crippen molar-refractivity contribution in [2.24, 2.45) is 0 Å². The molecule has 0 radical (unpaired) electrons. The van der Waals surface area contributed by atoms with Crippen LogP contribution in [0, 0.1) is 0 Å². The molecule has 80 valence electrons. The highest BCUT2D eigenvalue weighted by atomic mass is 28.4. The average Bonchev–Trinajstić information content (AvgIpc) is 1.97. The molecule has 0 spiro atoms. The Morgan fingerprint density at radius 1 is 1.15 bits per heavy atom. The summed E-state index contributed by atoms with van der Waals surface area (Å²) in [6.45, 7) is 13.0. The van der Waals surface area contributed by atoms with Crippen molar-refractivity contribution in [3.8, 4) is 0 Å². The van der Waals surface area contributed by atoms with Crippen molar-refractivity contribution in [3.63, 3.8) is 0 Å². The molecule has 4 heteroatoms. The first kappa shape index (κ1) is 13.4. The highest BCUT2D eigenvalue weighted by Gasteiger charge is 2.28. The summed E-state index contributed by atoms with van der Waals surface area (Å²) < 4.78 is 11.9. The van der Waals surface area contributed by atoms with Gasteiger partial charge >= 0.3 is 8.56 Å². The third kappa shape index (κ3) is 6.43. The van der Waals surface area contributed by atoms with Crippen molar-refractivity contribution >= 4 is 17.6 Å². The second-order valence-electron chi connectivity index (χ2n) is 4.12. The van der Waals surface area contributed by atoms with Gasteiger partial charge in [0.15, 0.2) is 9.04 Å². The predicted molar refractivity (Wildman–Crippen MR) is 62.9 cm³/mol. The van der Waals surface area contributed by atoms with E-state index in [1.807, 2.05) is 0 Å². The second-order valence-corrected chi connectivity index (χ2v) is 10.2. The van der Waals surface area contributed by atoms with Crippen LogP contribution in [0.4, 0.5) is 0 Å². The van der Waals surface area contributed by atoms with Gasteiger partial charge in [0, 0.05) is 6.10 Å². The Hall–Kier alpha value is 0.354. The zero-order valence-electron chi connectivity index (χ0n) is 9.89. The quantitative estimate of drug-likeness (QED) is 0.641. The number of hydrogen-bond donors (Lipinski definition) is 0. The predicted octanol–water partition coefficient (Wildman–Crippen LogP) is 2.89. The molecule has 0 N–H and O–H groups in total. The van der Waals surface area contributed by atoms with Crippen LogP contribution in [-0.4, -0.2) is 23.7 Å². The zero-order valence-corrected chi connectivity index (χ0v) is 12.0. The topological polar surface area (TPSA) is 18.5 Å². The van der Waals surface area contributed by atoms with Crippen molar-refractivity contribution < 1.29 is 8.54 Å². The normalized spacial score (nSPS) is 12.9. The number of hydrogen-bond acceptors (Lipinski definition) is 2. The largest absolute Gasteiger partial charge is 0.439 e. The summed E-state index contributed by atoms with van der Waals surface area (Å²) in [6.07, 6.45) is 2.58. The summed E-state index contributed by atoms with van der Waals surface area (Å²) in [5.74, 6) is 0. The lowest BCUT2D eigenvalue weighted by molar-refractivity contribution is 0.150. The number of rotatable bonds is 6. The molecule has 0 aromatic heterocycles. The molecular weight excluding hydrogens is 196 g/mol. The highest BCUT2D eigenvalue weighted by molar-refractivity contribution is 6.72. The lowest BCUT2D eigenvalue weighted by Gasteiger charge is -2.29. The van der Waals surface area contributed by atoms with Crippen LogP contribution in [0.2, 0.25) is 26.2 Å². The first-order chi connectivity index (χ1) is 5.91. The molecule has 2 nitrogen and oxygen atoms in total. The molecule has 0 amide bonds. The maximum atomic E-state index is 6.00. The summed E-state index contributed by atoms with van der Waals surface area (Å²) in [7, 11) is -2.75. The first-order valence-corrected chi connectivity index (χ1v) is 10.9. The maximum Gasteiger partial charge on any atom is 0.321 e. The Balaban J connectivity index is 3.98. The van der Waals surface area contributed by atoms with Crippen LogP contribution < -0.4 is 0 Å². The Bertz CT molecular complexity index is 134. The smallest absolute Gasteiger partial charge is 0.321 e. The van der Waals surface area contributed by atoms with Gasteiger partial charge in [-0.3, -0.25) is 0 Å². The van der Waals surface area contributed by atoms with Crippen LogP contribution >= 0.6 is 0 Å². The summed E-state index contributed by atoms with van der Waals surface area (Å²) in [5, 5.41) is 0. The van der Waals surface area contributed by atoms with Crippen molar-refractivity contribution in [3.05, 3.63) is 0 Å². The summed E-state index contributed by atoms with van der Waals surface area (Å²) in [6, 6.07) is 0. The van der Waals surface area contributed by atoms with Gasteiger partial charge in [-0.1, -0.05) is 13.8 Å². The summed E-state index contributed by atoms with van der Waals surface area (Å²) >= 11 is 0. The molecule has 0 rings (SSSR count). The van der Waals surface area contributed by atoms with E-state index in [0.29, 0.717) is 6.10 Å². The van der Waals surface area contributed by atoms with E-state index in [9.17, 15) is 0 Å². The minimum atomic E-state index is -1.81. The van der Waals surface area contributed by atoms with Gasteiger partial charge in [0.2, 0.25) is 0 Å². The van der Waals surface area contributed by atoms with E-state index in [1.165, 1.54) is 0 Å². The fraction of sp³-hybridized carbons (Fsp3) is 1.00. The SMILES string of the molecule is CCC(CC)O[Si](C)(C)O[SiH](C)C. The van der Waals surface area contributed by atoms with E-state index in [0.717, 1.165) is 12.8 Å². The zero-order chi connectivity index (χ0) is 10.5. The Morgan fingerprint density at radius 2 is 1.62 bits per heavy atom. The summed E-state index contributed by atoms with van der Waals surface area (Å²) in [5.41, 5.74) is 0. The van der Waals surface area contributed by atoms with E-state index >= 15 is 0 Å². The van der Waals surface area contributed by atoms with Gasteiger partial charge < -0.3 is 8.54 Å². The van der Waals surface area contributed by atoms with E-state index in [1.54, 1.807) is 0 Å². The summed E-state index contributed by atoms with van der Waals surface area (Å²) in [4.78, 5) is 0. The van der Waals surface area contributed by atoms with Crippen molar-refractivity contribution in [1.29, 1.82) is 0 Å². The molecule has 13 heavy (non-hydrogen) atoms. The van der Waals surface area contributed by atoms with E-state index in [4.69, 9.17) is 8.54 Å². The van der Waals surface area contributed by atoms with Crippen molar-refractivity contribution in [1.82, 2.24) is 0 Å². The molecule has 0 fully saturated rings. The molecule has 0 unspecified atom stereocenters. The van der Waals surface area contributed by atoms with E-state index in [2.05, 4.69) is 40.0 Å². The Kier molecular flexibility index (Phi) is 6.12. The minimum absolute atomic E-state index is 0.398. The molecule has 0 saturated heterocycles. The molecule has 0 saturated carbocycles. The van der Waals surface area contributed by atoms with Crippen molar-refractivity contribution in [2.45, 2.75) is 59.0 Å². The highest BCUT2D eigenvalue weighted by Crippen LogP contribution is 2.15. The molecule has 0 heterocycles. The van der Waals surface area contributed by atoms with Crippen molar-refractivity contribution in [2.75, 3.05) is 0 Å². The standard InChI is InChI=1S/C9H24O2Si2/c1-7-9(8-2)10-13(5,6)11-12(3)4/h9,12H,7-8H2,1-6H3. The lowest BCUT2D eigenvalue weighted by Crippen LogP contribution is -2.41. The van der Waals surface area contributed by atoms with Gasteiger partial charge in [0.1, 0.15) is 0 Å². The van der Waals surface area contributed by atoms with Gasteiger partial charge in [0.05, 0.1) is 0 Å². The van der Waals surface area contributed by atoms with Gasteiger partial charge in [-0.05, 0) is 39.0 Å². The van der Waals surface area contributed by atoms with Gasteiger partial charge in [-0.15, -0.1) is 0 Å². The molecule has 0 aromatic rings. The molecule has 0 aromatic carbocycles. The Morgan fingerprint density at radius 3 is 1.92 bits per heavy atom. The van der Waals surface area contributed by atoms with Crippen LogP contribution in [0.3, 0.4) is 0 Å². The molecule has 0 aliphatic heterocycles. The lowest BCUT2D eigenvalue weighted by atomic mass is 10.2. The van der Waals surface area contributed by atoms with Crippen LogP contribution in [0.5, 0.6) is 0 Å². The molecule has 0 atom stereocenters. The van der Waals surface area contributed by atoms with E-state index < -0.39 is 17.6 Å². The monoisotopic (exact) mass is 220 g/mol. The average molecular weight is 220 g/mol. The second kappa shape index (κ2) is 5.95. The van der Waals surface area contributed by atoms with Gasteiger partial charge in [0.25, 0.3) is 0 Å². The van der Waals surface area contributed by atoms with Crippen LogP contribution in [0.1, 0.15) is 26.7 Å². The third-order valence-corrected chi connectivity index (χ3v) is 6.94. The van der Waals surface area contributed by atoms with Crippen LogP contribution in [-0.2, 0) is 8.54 Å². The fourth-order valence-electron chi connectivity index (χ4n) is 1.45. The Labute approximate surface area is 85.6 Å². The minimum Gasteiger partial charge on any atom is -0.439 e. The van der Waals surface area contributed by atoms with Gasteiger partial charge in [-0.2, -0.15) is 0 Å². The maximum absolute atomic E-state index is 6.00. The third-order valence-electron chi connectivity index (χ3n) is 1.88. The molecule has 0 aliphatic rings.